The molecule has 0 rings (SSSR count). The van der Waals surface area contributed by atoms with Gasteiger partial charge in [0.05, 0.1) is 0 Å². The molecule has 0 unspecified atom stereocenters. The number of hydrogen-bond donors (Lipinski definition) is 0. The van der Waals surface area contributed by atoms with Gasteiger partial charge in [-0.2, -0.15) is 0 Å². The Kier molecular flexibility index (Phi) is 21.2. The highest BCUT2D eigenvalue weighted by Gasteiger charge is 2.05. The van der Waals surface area contributed by atoms with Crippen LogP contribution < -0.4 is 0 Å². The Bertz CT molecular complexity index is 237. The Balaban J connectivity index is 3.83. The van der Waals surface area contributed by atoms with E-state index in [2.05, 4.69) is 37.5 Å². The van der Waals surface area contributed by atoms with E-state index in [0.29, 0.717) is 0 Å². The summed E-state index contributed by atoms with van der Waals surface area (Å²) in [5.74, 6) is 0. The standard InChI is InChI=1S/C24H52N2/c1-5-9-11-15-22-26(23-16-12-10-6-2)24-18-14-13-17-21-25(19-7-3)20-8-4/h5-24H2,1-4H3. The third-order valence-corrected chi connectivity index (χ3v) is 5.43. The molecule has 158 valence electrons. The van der Waals surface area contributed by atoms with E-state index in [0.717, 1.165) is 0 Å². The number of rotatable bonds is 21. The molecule has 0 saturated carbocycles. The molecule has 0 aromatic rings. The molecule has 0 atom stereocenters. The molecule has 0 heterocycles. The molecular formula is C24H52N2. The van der Waals surface area contributed by atoms with E-state index >= 15 is 0 Å². The van der Waals surface area contributed by atoms with Gasteiger partial charge in [0.1, 0.15) is 0 Å². The van der Waals surface area contributed by atoms with Crippen molar-refractivity contribution >= 4 is 0 Å². The van der Waals surface area contributed by atoms with Crippen LogP contribution in [0.25, 0.3) is 0 Å². The van der Waals surface area contributed by atoms with Gasteiger partial charge in [0, 0.05) is 0 Å². The molecule has 0 spiro atoms. The fourth-order valence-electron chi connectivity index (χ4n) is 3.85. The van der Waals surface area contributed by atoms with Gasteiger partial charge in [-0.15, -0.1) is 0 Å². The smallest absolute Gasteiger partial charge is 0.00187 e. The summed E-state index contributed by atoms with van der Waals surface area (Å²) in [6.45, 7) is 17.1. The van der Waals surface area contributed by atoms with Crippen molar-refractivity contribution in [3.63, 3.8) is 0 Å². The lowest BCUT2D eigenvalue weighted by atomic mass is 10.1. The molecule has 0 bridgehead atoms. The second-order valence-corrected chi connectivity index (χ2v) is 8.22. The highest BCUT2D eigenvalue weighted by atomic mass is 15.1. The molecule has 0 fully saturated rings. The van der Waals surface area contributed by atoms with Gasteiger partial charge >= 0.3 is 0 Å². The van der Waals surface area contributed by atoms with Gasteiger partial charge < -0.3 is 9.80 Å². The predicted molar refractivity (Wildman–Crippen MR) is 120 cm³/mol. The van der Waals surface area contributed by atoms with Gasteiger partial charge in [0.2, 0.25) is 0 Å². The van der Waals surface area contributed by atoms with E-state index in [9.17, 15) is 0 Å². The first kappa shape index (κ1) is 25.9. The van der Waals surface area contributed by atoms with E-state index < -0.39 is 0 Å². The van der Waals surface area contributed by atoms with Crippen molar-refractivity contribution < 1.29 is 0 Å². The average molecular weight is 369 g/mol. The molecule has 0 aromatic heterocycles. The Morgan fingerprint density at radius 3 is 0.923 bits per heavy atom. The molecule has 0 aromatic carbocycles. The monoisotopic (exact) mass is 368 g/mol. The normalized spacial score (nSPS) is 11.8. The molecule has 26 heavy (non-hydrogen) atoms. The van der Waals surface area contributed by atoms with Crippen molar-refractivity contribution in [3.05, 3.63) is 0 Å². The van der Waals surface area contributed by atoms with Crippen LogP contribution in [0.1, 0.15) is 118 Å². The van der Waals surface area contributed by atoms with Gasteiger partial charge in [-0.05, 0) is 77.8 Å². The van der Waals surface area contributed by atoms with E-state index in [-0.39, 0.29) is 0 Å². The molecule has 2 nitrogen and oxygen atoms in total. The molecule has 0 radical (unpaired) electrons. The minimum Gasteiger partial charge on any atom is -0.303 e. The second-order valence-electron chi connectivity index (χ2n) is 8.22. The number of unbranched alkanes of at least 4 members (excludes halogenated alkanes) is 9. The third kappa shape index (κ3) is 17.3. The fraction of sp³-hybridized carbons (Fsp3) is 1.00. The quantitative estimate of drug-likeness (QED) is 0.199. The summed E-state index contributed by atoms with van der Waals surface area (Å²) in [6.07, 6.45) is 19.4. The molecule has 0 saturated heterocycles. The van der Waals surface area contributed by atoms with Crippen LogP contribution >= 0.6 is 0 Å². The maximum atomic E-state index is 2.77. The first-order valence-electron chi connectivity index (χ1n) is 12.2. The molecule has 0 aliphatic rings. The van der Waals surface area contributed by atoms with Crippen LogP contribution in [-0.2, 0) is 0 Å². The van der Waals surface area contributed by atoms with Crippen LogP contribution in [-0.4, -0.2) is 49.1 Å². The highest BCUT2D eigenvalue weighted by Crippen LogP contribution is 2.09. The molecule has 0 amide bonds. The zero-order chi connectivity index (χ0) is 19.3. The number of hydrogen-bond acceptors (Lipinski definition) is 2. The van der Waals surface area contributed by atoms with Gasteiger partial charge in [0.25, 0.3) is 0 Å². The lowest BCUT2D eigenvalue weighted by Crippen LogP contribution is -2.27. The summed E-state index contributed by atoms with van der Waals surface area (Å²) >= 11 is 0. The maximum absolute atomic E-state index is 2.77. The number of nitrogens with zero attached hydrogens (tertiary/aromatic N) is 2. The van der Waals surface area contributed by atoms with Crippen LogP contribution in [0.3, 0.4) is 0 Å². The van der Waals surface area contributed by atoms with Crippen molar-refractivity contribution in [2.75, 3.05) is 39.3 Å². The summed E-state index contributed by atoms with van der Waals surface area (Å²) < 4.78 is 0. The van der Waals surface area contributed by atoms with Crippen LogP contribution in [0, 0.1) is 0 Å². The fourth-order valence-corrected chi connectivity index (χ4v) is 3.85. The lowest BCUT2D eigenvalue weighted by molar-refractivity contribution is 0.249. The molecule has 0 N–H and O–H groups in total. The third-order valence-electron chi connectivity index (χ3n) is 5.43. The van der Waals surface area contributed by atoms with Crippen molar-refractivity contribution in [1.29, 1.82) is 0 Å². The van der Waals surface area contributed by atoms with Crippen molar-refractivity contribution in [2.24, 2.45) is 0 Å². The van der Waals surface area contributed by atoms with Crippen molar-refractivity contribution in [1.82, 2.24) is 9.80 Å². The Morgan fingerprint density at radius 2 is 0.615 bits per heavy atom. The van der Waals surface area contributed by atoms with E-state index in [1.54, 1.807) is 0 Å². The van der Waals surface area contributed by atoms with E-state index in [1.165, 1.54) is 129 Å². The second kappa shape index (κ2) is 21.2. The minimum atomic E-state index is 1.29. The Labute approximate surface area is 167 Å². The Morgan fingerprint density at radius 1 is 0.308 bits per heavy atom. The highest BCUT2D eigenvalue weighted by molar-refractivity contribution is 4.61. The Hall–Kier alpha value is -0.0800. The zero-order valence-electron chi connectivity index (χ0n) is 19.0. The predicted octanol–water partition coefficient (Wildman–Crippen LogP) is 7.13. The summed E-state index contributed by atoms with van der Waals surface area (Å²) in [6, 6.07) is 0. The van der Waals surface area contributed by atoms with Crippen LogP contribution in [0.5, 0.6) is 0 Å². The van der Waals surface area contributed by atoms with Crippen molar-refractivity contribution in [2.45, 2.75) is 118 Å². The van der Waals surface area contributed by atoms with Crippen LogP contribution in [0.4, 0.5) is 0 Å². The van der Waals surface area contributed by atoms with E-state index in [4.69, 9.17) is 0 Å². The lowest BCUT2D eigenvalue weighted by Gasteiger charge is -2.23. The summed E-state index contributed by atoms with van der Waals surface area (Å²) in [7, 11) is 0. The van der Waals surface area contributed by atoms with Gasteiger partial charge in [-0.25, -0.2) is 0 Å². The van der Waals surface area contributed by atoms with Gasteiger partial charge in [-0.3, -0.25) is 0 Å². The zero-order valence-corrected chi connectivity index (χ0v) is 19.0. The van der Waals surface area contributed by atoms with Crippen molar-refractivity contribution in [3.8, 4) is 0 Å². The molecule has 2 heteroatoms. The average Bonchev–Trinajstić information content (AvgIpc) is 2.64. The largest absolute Gasteiger partial charge is 0.303 e. The minimum absolute atomic E-state index is 1.29. The van der Waals surface area contributed by atoms with E-state index in [1.807, 2.05) is 0 Å². The summed E-state index contributed by atoms with van der Waals surface area (Å²) in [4.78, 5) is 5.43. The molecular weight excluding hydrogens is 316 g/mol. The first-order valence-corrected chi connectivity index (χ1v) is 12.2. The van der Waals surface area contributed by atoms with Crippen LogP contribution in [0.2, 0.25) is 0 Å². The van der Waals surface area contributed by atoms with Crippen LogP contribution in [0.15, 0.2) is 0 Å². The summed E-state index contributed by atoms with van der Waals surface area (Å²) in [5, 5.41) is 0. The SMILES string of the molecule is CCCCCCN(CCCCCC)CCCCCCN(CCC)CCC. The molecule has 0 aliphatic carbocycles. The summed E-state index contributed by atoms with van der Waals surface area (Å²) in [5.41, 5.74) is 0. The molecule has 0 aliphatic heterocycles. The van der Waals surface area contributed by atoms with Gasteiger partial charge in [0.15, 0.2) is 0 Å². The first-order chi connectivity index (χ1) is 12.8. The van der Waals surface area contributed by atoms with Gasteiger partial charge in [-0.1, -0.05) is 79.1 Å². The topological polar surface area (TPSA) is 6.48 Å². The maximum Gasteiger partial charge on any atom is -0.00187 e.